The molecule has 158 valence electrons. The number of nitrogens with zero attached hydrogens (tertiary/aromatic N) is 1. The van der Waals surface area contributed by atoms with Gasteiger partial charge in [0.1, 0.15) is 6.04 Å². The average Bonchev–Trinajstić information content (AvgIpc) is 2.63. The monoisotopic (exact) mass is 456 g/mol. The molecule has 2 rings (SSSR count). The van der Waals surface area contributed by atoms with Crippen LogP contribution in [-0.2, 0) is 34.2 Å². The molecule has 0 spiro atoms. The molecular formula is C21H26Cl2N2O3S. The molecule has 0 radical (unpaired) electrons. The Hall–Kier alpha value is -1.76. The number of hydrogen-bond donors (Lipinski definition) is 1. The number of nitrogens with one attached hydrogen (secondary N) is 1. The second-order valence-electron chi connectivity index (χ2n) is 6.89. The standard InChI is InChI=1S/C21H26Cl2N2O3S/c1-5-15-7-8-16(6-2)17(9-15)13-24-21(26)14(3)25(29(4,27)28)20-11-18(22)10-19(23)12-20/h7-12,14H,5-6,13H2,1-4H3,(H,24,26)/t14-/m1/s1. The lowest BCUT2D eigenvalue weighted by molar-refractivity contribution is -0.122. The van der Waals surface area contributed by atoms with Gasteiger partial charge in [-0.25, -0.2) is 8.42 Å². The zero-order valence-electron chi connectivity index (χ0n) is 17.0. The SMILES string of the molecule is CCc1ccc(CC)c(CNC(=O)[C@@H](C)N(c2cc(Cl)cc(Cl)c2)S(C)(=O)=O)c1. The Kier molecular flexibility index (Phi) is 7.97. The number of benzene rings is 2. The molecule has 29 heavy (non-hydrogen) atoms. The van der Waals surface area contributed by atoms with Gasteiger partial charge in [0.2, 0.25) is 15.9 Å². The van der Waals surface area contributed by atoms with Crippen molar-refractivity contribution in [2.45, 2.75) is 46.2 Å². The van der Waals surface area contributed by atoms with Crippen molar-refractivity contribution in [1.29, 1.82) is 0 Å². The minimum absolute atomic E-state index is 0.245. The second kappa shape index (κ2) is 9.83. The van der Waals surface area contributed by atoms with E-state index < -0.39 is 22.0 Å². The van der Waals surface area contributed by atoms with Crippen LogP contribution >= 0.6 is 23.2 Å². The van der Waals surface area contributed by atoms with Crippen molar-refractivity contribution in [2.75, 3.05) is 10.6 Å². The van der Waals surface area contributed by atoms with E-state index in [1.165, 1.54) is 30.7 Å². The number of amides is 1. The molecule has 0 saturated carbocycles. The third-order valence-corrected chi connectivity index (χ3v) is 6.38. The van der Waals surface area contributed by atoms with Crippen LogP contribution in [0, 0.1) is 0 Å². The third-order valence-electron chi connectivity index (χ3n) is 4.70. The largest absolute Gasteiger partial charge is 0.350 e. The van der Waals surface area contributed by atoms with Crippen LogP contribution < -0.4 is 9.62 Å². The number of anilines is 1. The van der Waals surface area contributed by atoms with E-state index in [1.54, 1.807) is 0 Å². The summed E-state index contributed by atoms with van der Waals surface area (Å²) in [7, 11) is -3.75. The molecule has 0 aliphatic carbocycles. The Morgan fingerprint density at radius 2 is 1.66 bits per heavy atom. The maximum Gasteiger partial charge on any atom is 0.243 e. The van der Waals surface area contributed by atoms with Crippen molar-refractivity contribution in [3.8, 4) is 0 Å². The van der Waals surface area contributed by atoms with Gasteiger partial charge in [0.25, 0.3) is 0 Å². The van der Waals surface area contributed by atoms with Gasteiger partial charge in [-0.15, -0.1) is 0 Å². The summed E-state index contributed by atoms with van der Waals surface area (Å²) in [5, 5.41) is 3.44. The number of carbonyl (C=O) groups excluding carboxylic acids is 1. The summed E-state index contributed by atoms with van der Waals surface area (Å²) in [6, 6.07) is 9.70. The third kappa shape index (κ3) is 6.11. The number of rotatable bonds is 8. The molecule has 2 aromatic carbocycles. The number of sulfonamides is 1. The summed E-state index contributed by atoms with van der Waals surface area (Å²) in [6.45, 7) is 6.00. The molecule has 8 heteroatoms. The minimum atomic E-state index is -3.75. The molecular weight excluding hydrogens is 431 g/mol. The van der Waals surface area contributed by atoms with Gasteiger partial charge in [0, 0.05) is 16.6 Å². The lowest BCUT2D eigenvalue weighted by Crippen LogP contribution is -2.47. The van der Waals surface area contributed by atoms with E-state index in [4.69, 9.17) is 23.2 Å². The molecule has 0 aliphatic rings. The molecule has 0 heterocycles. The first-order chi connectivity index (χ1) is 13.6. The topological polar surface area (TPSA) is 66.5 Å². The van der Waals surface area contributed by atoms with E-state index >= 15 is 0 Å². The lowest BCUT2D eigenvalue weighted by atomic mass is 10.0. The fourth-order valence-electron chi connectivity index (χ4n) is 3.21. The molecule has 0 fully saturated rings. The second-order valence-corrected chi connectivity index (χ2v) is 9.62. The van der Waals surface area contributed by atoms with E-state index in [0.29, 0.717) is 6.54 Å². The summed E-state index contributed by atoms with van der Waals surface area (Å²) in [6.07, 6.45) is 2.80. The van der Waals surface area contributed by atoms with Crippen LogP contribution in [0.1, 0.15) is 37.5 Å². The molecule has 1 amide bonds. The Morgan fingerprint density at radius 3 is 2.17 bits per heavy atom. The highest BCUT2D eigenvalue weighted by molar-refractivity contribution is 7.92. The molecule has 0 saturated heterocycles. The van der Waals surface area contributed by atoms with Gasteiger partial charge in [0.15, 0.2) is 0 Å². The van der Waals surface area contributed by atoms with Gasteiger partial charge in [0.05, 0.1) is 11.9 Å². The zero-order chi connectivity index (χ0) is 21.8. The van der Waals surface area contributed by atoms with Crippen molar-refractivity contribution in [3.63, 3.8) is 0 Å². The highest BCUT2D eigenvalue weighted by atomic mass is 35.5. The maximum absolute atomic E-state index is 12.8. The fourth-order valence-corrected chi connectivity index (χ4v) is 4.89. The Morgan fingerprint density at radius 1 is 1.03 bits per heavy atom. The Balaban J connectivity index is 2.26. The zero-order valence-corrected chi connectivity index (χ0v) is 19.3. The smallest absolute Gasteiger partial charge is 0.243 e. The molecule has 5 nitrogen and oxygen atoms in total. The van der Waals surface area contributed by atoms with Crippen molar-refractivity contribution in [1.82, 2.24) is 5.32 Å². The van der Waals surface area contributed by atoms with Gasteiger partial charge in [-0.3, -0.25) is 9.10 Å². The first kappa shape index (κ1) is 23.5. The summed E-state index contributed by atoms with van der Waals surface area (Å²) >= 11 is 12.1. The maximum atomic E-state index is 12.8. The van der Waals surface area contributed by atoms with Gasteiger partial charge in [-0.2, -0.15) is 0 Å². The van der Waals surface area contributed by atoms with Crippen LogP contribution in [0.15, 0.2) is 36.4 Å². The molecule has 2 aromatic rings. The normalized spacial score (nSPS) is 12.5. The van der Waals surface area contributed by atoms with E-state index in [0.717, 1.165) is 34.5 Å². The first-order valence-electron chi connectivity index (χ1n) is 9.40. The molecule has 0 aliphatic heterocycles. The Labute approximate surface area is 183 Å². The van der Waals surface area contributed by atoms with Crippen molar-refractivity contribution in [2.24, 2.45) is 0 Å². The van der Waals surface area contributed by atoms with E-state index in [9.17, 15) is 13.2 Å². The molecule has 0 unspecified atom stereocenters. The summed E-state index contributed by atoms with van der Waals surface area (Å²) in [5.74, 6) is -0.407. The molecule has 1 N–H and O–H groups in total. The van der Waals surface area contributed by atoms with Gasteiger partial charge >= 0.3 is 0 Å². The minimum Gasteiger partial charge on any atom is -0.350 e. The van der Waals surface area contributed by atoms with Crippen LogP contribution in [0.5, 0.6) is 0 Å². The fraction of sp³-hybridized carbons (Fsp3) is 0.381. The van der Waals surface area contributed by atoms with Crippen LogP contribution in [0.4, 0.5) is 5.69 Å². The average molecular weight is 457 g/mol. The lowest BCUT2D eigenvalue weighted by Gasteiger charge is -2.28. The van der Waals surface area contributed by atoms with Crippen LogP contribution in [0.3, 0.4) is 0 Å². The van der Waals surface area contributed by atoms with Gasteiger partial charge < -0.3 is 5.32 Å². The Bertz CT molecular complexity index is 973. The highest BCUT2D eigenvalue weighted by Crippen LogP contribution is 2.28. The highest BCUT2D eigenvalue weighted by Gasteiger charge is 2.29. The predicted molar refractivity (Wildman–Crippen MR) is 120 cm³/mol. The van der Waals surface area contributed by atoms with Crippen LogP contribution in [0.2, 0.25) is 10.0 Å². The van der Waals surface area contributed by atoms with Crippen LogP contribution in [-0.4, -0.2) is 26.6 Å². The van der Waals surface area contributed by atoms with Crippen molar-refractivity contribution >= 4 is 44.8 Å². The molecule has 0 bridgehead atoms. The van der Waals surface area contributed by atoms with Gasteiger partial charge in [-0.05, 0) is 54.7 Å². The number of halogens is 2. The first-order valence-corrected chi connectivity index (χ1v) is 12.0. The van der Waals surface area contributed by atoms with Gasteiger partial charge in [-0.1, -0.05) is 55.2 Å². The number of carbonyl (C=O) groups is 1. The van der Waals surface area contributed by atoms with E-state index in [-0.39, 0.29) is 15.7 Å². The van der Waals surface area contributed by atoms with Crippen LogP contribution in [0.25, 0.3) is 0 Å². The quantitative estimate of drug-likeness (QED) is 0.631. The van der Waals surface area contributed by atoms with Crippen molar-refractivity contribution in [3.05, 3.63) is 63.1 Å². The predicted octanol–water partition coefficient (Wildman–Crippen LogP) is 4.59. The van der Waals surface area contributed by atoms with Crippen molar-refractivity contribution < 1.29 is 13.2 Å². The molecule has 0 aromatic heterocycles. The molecule has 1 atom stereocenters. The van der Waals surface area contributed by atoms with E-state index in [1.807, 2.05) is 0 Å². The van der Waals surface area contributed by atoms with E-state index in [2.05, 4.69) is 37.4 Å². The summed E-state index contributed by atoms with van der Waals surface area (Å²) in [5.41, 5.74) is 3.61. The number of hydrogen-bond acceptors (Lipinski definition) is 3. The summed E-state index contributed by atoms with van der Waals surface area (Å²) in [4.78, 5) is 12.8. The summed E-state index contributed by atoms with van der Waals surface area (Å²) < 4.78 is 25.9. The number of aryl methyl sites for hydroxylation is 2.